The lowest BCUT2D eigenvalue weighted by molar-refractivity contribution is 0.0189. The number of nitrogens with zero attached hydrogens (tertiary/aromatic N) is 5. The molecule has 6 heteroatoms. The van der Waals surface area contributed by atoms with Gasteiger partial charge in [-0.05, 0) is 18.8 Å². The van der Waals surface area contributed by atoms with Crippen molar-refractivity contribution in [2.75, 3.05) is 62.6 Å². The fraction of sp³-hybridized carbons (Fsp3) is 0.765. The number of anilines is 2. The first-order valence-corrected chi connectivity index (χ1v) is 9.05. The van der Waals surface area contributed by atoms with Gasteiger partial charge in [0.2, 0.25) is 0 Å². The third-order valence-corrected chi connectivity index (χ3v) is 5.54. The van der Waals surface area contributed by atoms with Gasteiger partial charge in [0.1, 0.15) is 18.0 Å². The lowest BCUT2D eigenvalue weighted by atomic mass is 10.0. The molecule has 5 heterocycles. The van der Waals surface area contributed by atoms with Crippen molar-refractivity contribution in [1.29, 1.82) is 0 Å². The minimum absolute atomic E-state index is 0.617. The third kappa shape index (κ3) is 3.43. The summed E-state index contributed by atoms with van der Waals surface area (Å²) in [4.78, 5) is 16.5. The van der Waals surface area contributed by atoms with Gasteiger partial charge in [0, 0.05) is 64.5 Å². The second-order valence-corrected chi connectivity index (χ2v) is 7.33. The molecule has 0 spiro atoms. The van der Waals surface area contributed by atoms with Crippen LogP contribution in [0.2, 0.25) is 0 Å². The predicted octanol–water partition coefficient (Wildman–Crippen LogP) is 1.12. The van der Waals surface area contributed by atoms with E-state index in [4.69, 9.17) is 0 Å². The second kappa shape index (κ2) is 6.61. The largest absolute Gasteiger partial charge is 0.368 e. The highest BCUT2D eigenvalue weighted by Gasteiger charge is 2.31. The summed E-state index contributed by atoms with van der Waals surface area (Å²) in [5.74, 6) is 2.80. The highest BCUT2D eigenvalue weighted by atomic mass is 15.3. The highest BCUT2D eigenvalue weighted by Crippen LogP contribution is 2.22. The third-order valence-electron chi connectivity index (χ3n) is 5.54. The smallest absolute Gasteiger partial charge is 0.134 e. The molecule has 2 bridgehead atoms. The standard InChI is InChI=1S/C17H28N6/c1-14-3-2-4-23(11-14)17-9-16(19-13-20-17)18-10-15-12-21-5-7-22(15)8-6-21/h9,13-15H,2-8,10-12H2,1H3,(H,18,19,20). The zero-order valence-corrected chi connectivity index (χ0v) is 14.1. The Labute approximate surface area is 138 Å². The van der Waals surface area contributed by atoms with Gasteiger partial charge in [-0.3, -0.25) is 9.80 Å². The first-order valence-electron chi connectivity index (χ1n) is 9.05. The van der Waals surface area contributed by atoms with E-state index >= 15 is 0 Å². The molecular weight excluding hydrogens is 288 g/mol. The second-order valence-electron chi connectivity index (χ2n) is 7.33. The fourth-order valence-corrected chi connectivity index (χ4v) is 4.15. The summed E-state index contributed by atoms with van der Waals surface area (Å²) in [5, 5.41) is 3.54. The number of hydrogen-bond acceptors (Lipinski definition) is 6. The lowest BCUT2D eigenvalue weighted by Crippen LogP contribution is -2.62. The van der Waals surface area contributed by atoms with Crippen LogP contribution in [0.5, 0.6) is 0 Å². The molecule has 126 valence electrons. The van der Waals surface area contributed by atoms with Crippen molar-refractivity contribution in [2.24, 2.45) is 5.92 Å². The normalized spacial score (nSPS) is 33.7. The summed E-state index contributed by atoms with van der Waals surface area (Å²) in [6.45, 7) is 11.6. The Morgan fingerprint density at radius 3 is 2.74 bits per heavy atom. The van der Waals surface area contributed by atoms with Crippen LogP contribution in [-0.4, -0.2) is 78.2 Å². The molecule has 5 rings (SSSR count). The molecular formula is C17H28N6. The molecule has 2 unspecified atom stereocenters. The Morgan fingerprint density at radius 2 is 2.00 bits per heavy atom. The van der Waals surface area contributed by atoms with Gasteiger partial charge in [-0.25, -0.2) is 9.97 Å². The summed E-state index contributed by atoms with van der Waals surface area (Å²) < 4.78 is 0. The van der Waals surface area contributed by atoms with Crippen molar-refractivity contribution in [3.8, 4) is 0 Å². The van der Waals surface area contributed by atoms with Gasteiger partial charge in [-0.15, -0.1) is 0 Å². The molecule has 1 N–H and O–H groups in total. The fourth-order valence-electron chi connectivity index (χ4n) is 4.15. The SMILES string of the molecule is CC1CCCN(c2cc(NCC3CN4CCN3CC4)ncn2)C1. The Morgan fingerprint density at radius 1 is 1.13 bits per heavy atom. The molecule has 4 aliphatic heterocycles. The molecule has 23 heavy (non-hydrogen) atoms. The minimum atomic E-state index is 0.617. The minimum Gasteiger partial charge on any atom is -0.368 e. The zero-order chi connectivity index (χ0) is 15.6. The van der Waals surface area contributed by atoms with Crippen molar-refractivity contribution in [2.45, 2.75) is 25.8 Å². The molecule has 2 atom stereocenters. The van der Waals surface area contributed by atoms with Crippen molar-refractivity contribution < 1.29 is 0 Å². The van der Waals surface area contributed by atoms with Crippen LogP contribution in [0.25, 0.3) is 0 Å². The molecule has 0 aliphatic carbocycles. The lowest BCUT2D eigenvalue weighted by Gasteiger charge is -2.47. The van der Waals surface area contributed by atoms with Crippen molar-refractivity contribution >= 4 is 11.6 Å². The summed E-state index contributed by atoms with van der Waals surface area (Å²) in [6, 6.07) is 2.74. The van der Waals surface area contributed by atoms with Crippen molar-refractivity contribution in [3.05, 3.63) is 12.4 Å². The van der Waals surface area contributed by atoms with E-state index in [0.717, 1.165) is 37.2 Å². The summed E-state index contributed by atoms with van der Waals surface area (Å²) in [6.07, 6.45) is 4.30. The van der Waals surface area contributed by atoms with Crippen LogP contribution in [0.15, 0.2) is 12.4 Å². The van der Waals surface area contributed by atoms with E-state index < -0.39 is 0 Å². The summed E-state index contributed by atoms with van der Waals surface area (Å²) >= 11 is 0. The average molecular weight is 316 g/mol. The molecule has 6 nitrogen and oxygen atoms in total. The Bertz CT molecular complexity index is 528. The number of rotatable bonds is 4. The number of fused-ring (bicyclic) bond motifs is 3. The van der Waals surface area contributed by atoms with Gasteiger partial charge in [0.25, 0.3) is 0 Å². The van der Waals surface area contributed by atoms with Gasteiger partial charge in [-0.2, -0.15) is 0 Å². The molecule has 0 saturated carbocycles. The van der Waals surface area contributed by atoms with Crippen LogP contribution in [0.1, 0.15) is 19.8 Å². The van der Waals surface area contributed by atoms with E-state index in [1.54, 1.807) is 6.33 Å². The number of hydrogen-bond donors (Lipinski definition) is 1. The predicted molar refractivity (Wildman–Crippen MR) is 92.9 cm³/mol. The number of piperidine rings is 1. The molecule has 0 amide bonds. The molecule has 0 radical (unpaired) electrons. The van der Waals surface area contributed by atoms with Gasteiger partial charge in [0.15, 0.2) is 0 Å². The number of piperazine rings is 3. The maximum atomic E-state index is 4.49. The van der Waals surface area contributed by atoms with Gasteiger partial charge in [-0.1, -0.05) is 6.92 Å². The van der Waals surface area contributed by atoms with E-state index in [1.165, 1.54) is 45.6 Å². The maximum absolute atomic E-state index is 4.49. The highest BCUT2D eigenvalue weighted by molar-refractivity contribution is 5.48. The number of nitrogens with one attached hydrogen (secondary N) is 1. The van der Waals surface area contributed by atoms with Crippen molar-refractivity contribution in [3.63, 3.8) is 0 Å². The molecule has 1 aromatic rings. The summed E-state index contributed by atoms with van der Waals surface area (Å²) in [7, 11) is 0. The van der Waals surface area contributed by atoms with Crippen LogP contribution in [0.4, 0.5) is 11.6 Å². The number of aromatic nitrogens is 2. The van der Waals surface area contributed by atoms with Crippen LogP contribution in [-0.2, 0) is 0 Å². The average Bonchev–Trinajstić information content (AvgIpc) is 2.61. The molecule has 4 fully saturated rings. The van der Waals surface area contributed by atoms with E-state index in [9.17, 15) is 0 Å². The maximum Gasteiger partial charge on any atom is 0.134 e. The van der Waals surface area contributed by atoms with Crippen LogP contribution < -0.4 is 10.2 Å². The summed E-state index contributed by atoms with van der Waals surface area (Å²) in [5.41, 5.74) is 0. The van der Waals surface area contributed by atoms with Gasteiger partial charge in [0.05, 0.1) is 0 Å². The van der Waals surface area contributed by atoms with Crippen molar-refractivity contribution in [1.82, 2.24) is 19.8 Å². The first-order chi connectivity index (χ1) is 11.3. The molecule has 0 aromatic carbocycles. The molecule has 4 saturated heterocycles. The first kappa shape index (κ1) is 15.1. The monoisotopic (exact) mass is 316 g/mol. The quantitative estimate of drug-likeness (QED) is 0.898. The van der Waals surface area contributed by atoms with E-state index in [0.29, 0.717) is 6.04 Å². The van der Waals surface area contributed by atoms with E-state index in [-0.39, 0.29) is 0 Å². The Hall–Kier alpha value is -1.40. The Balaban J connectivity index is 1.37. The zero-order valence-electron chi connectivity index (χ0n) is 14.1. The van der Waals surface area contributed by atoms with Gasteiger partial charge < -0.3 is 10.2 Å². The topological polar surface area (TPSA) is 47.5 Å². The molecule has 4 aliphatic rings. The van der Waals surface area contributed by atoms with E-state index in [1.807, 2.05) is 0 Å². The molecule has 1 aromatic heterocycles. The van der Waals surface area contributed by atoms with Crippen LogP contribution in [0.3, 0.4) is 0 Å². The van der Waals surface area contributed by atoms with Gasteiger partial charge >= 0.3 is 0 Å². The van der Waals surface area contributed by atoms with Crippen LogP contribution >= 0.6 is 0 Å². The Kier molecular flexibility index (Phi) is 4.35. The van der Waals surface area contributed by atoms with Crippen LogP contribution in [0, 0.1) is 5.92 Å². The van der Waals surface area contributed by atoms with E-state index in [2.05, 4.69) is 43.0 Å².